The predicted octanol–water partition coefficient (Wildman–Crippen LogP) is 1.26. The van der Waals surface area contributed by atoms with Gasteiger partial charge in [0.15, 0.2) is 0 Å². The zero-order valence-corrected chi connectivity index (χ0v) is 13.9. The summed E-state index contributed by atoms with van der Waals surface area (Å²) in [5.74, 6) is -1.99. The van der Waals surface area contributed by atoms with Crippen LogP contribution in [-0.2, 0) is 10.0 Å². The van der Waals surface area contributed by atoms with Crippen LogP contribution in [0.2, 0.25) is 0 Å². The van der Waals surface area contributed by atoms with Crippen LogP contribution in [0.5, 0.6) is 5.75 Å². The molecule has 3 rings (SSSR count). The van der Waals surface area contributed by atoms with Crippen molar-refractivity contribution in [2.24, 2.45) is 5.14 Å². The second-order valence-corrected chi connectivity index (χ2v) is 7.52. The fourth-order valence-electron chi connectivity index (χ4n) is 1.90. The van der Waals surface area contributed by atoms with Gasteiger partial charge in [0.1, 0.15) is 17.1 Å². The molecule has 0 bridgehead atoms. The second kappa shape index (κ2) is 6.20. The van der Waals surface area contributed by atoms with Crippen molar-refractivity contribution in [3.8, 4) is 5.75 Å². The molecule has 3 N–H and O–H groups in total. The molecule has 0 saturated heterocycles. The number of aromatic carboxylic acids is 1. The number of sulfonamides is 1. The highest BCUT2D eigenvalue weighted by Crippen LogP contribution is 2.28. The van der Waals surface area contributed by atoms with Crippen molar-refractivity contribution in [3.05, 3.63) is 47.8 Å². The maximum absolute atomic E-state index is 12.1. The highest BCUT2D eigenvalue weighted by atomic mass is 32.2. The van der Waals surface area contributed by atoms with E-state index in [2.05, 4.69) is 9.97 Å². The molecule has 0 radical (unpaired) electrons. The molecular weight excluding hydrogens is 370 g/mol. The van der Waals surface area contributed by atoms with Gasteiger partial charge in [-0.05, 0) is 24.3 Å². The van der Waals surface area contributed by atoms with Crippen molar-refractivity contribution in [1.29, 1.82) is 0 Å². The Hall–Kier alpha value is -2.89. The number of pyridine rings is 1. The fourth-order valence-corrected chi connectivity index (χ4v) is 3.58. The van der Waals surface area contributed by atoms with Gasteiger partial charge in [-0.15, -0.1) is 11.3 Å². The highest BCUT2D eigenvalue weighted by molar-refractivity contribution is 7.91. The Morgan fingerprint density at radius 3 is 2.52 bits per heavy atom. The smallest absolute Gasteiger partial charge is 0.362 e. The molecule has 0 atom stereocenters. The number of benzene rings is 1. The van der Waals surface area contributed by atoms with Crippen LogP contribution in [0.15, 0.2) is 40.7 Å². The van der Waals surface area contributed by atoms with Crippen LogP contribution in [0.4, 0.5) is 0 Å². The summed E-state index contributed by atoms with van der Waals surface area (Å²) in [7, 11) is -3.92. The Morgan fingerprint density at radius 1 is 1.12 bits per heavy atom. The molecule has 2 aromatic heterocycles. The molecule has 1 aromatic carbocycles. The van der Waals surface area contributed by atoms with Gasteiger partial charge in [-0.3, -0.25) is 0 Å². The first-order chi connectivity index (χ1) is 11.7. The number of hydrogen-bond acceptors (Lipinski definition) is 8. The Labute approximate surface area is 144 Å². The van der Waals surface area contributed by atoms with E-state index in [1.165, 1.54) is 36.4 Å². The largest absolute Gasteiger partial charge is 0.477 e. The van der Waals surface area contributed by atoms with E-state index < -0.39 is 22.0 Å². The molecule has 0 unspecified atom stereocenters. The van der Waals surface area contributed by atoms with Gasteiger partial charge in [0, 0.05) is 6.07 Å². The number of carboxylic acid groups (broad SMARTS) is 1. The molecule has 0 aliphatic rings. The first kappa shape index (κ1) is 17.0. The Morgan fingerprint density at radius 2 is 1.84 bits per heavy atom. The number of hydrogen-bond donors (Lipinski definition) is 2. The maximum Gasteiger partial charge on any atom is 0.362 e. The van der Waals surface area contributed by atoms with Gasteiger partial charge in [0.2, 0.25) is 4.34 Å². The van der Waals surface area contributed by atoms with E-state index in [1.54, 1.807) is 0 Å². The molecule has 11 heteroatoms. The van der Waals surface area contributed by atoms with Gasteiger partial charge < -0.3 is 9.84 Å². The summed E-state index contributed by atoms with van der Waals surface area (Å²) in [4.78, 5) is 30.5. The summed E-state index contributed by atoms with van der Waals surface area (Å²) in [5, 5.41) is 13.9. The Kier molecular flexibility index (Phi) is 4.20. The second-order valence-electron chi connectivity index (χ2n) is 4.76. The van der Waals surface area contributed by atoms with Crippen molar-refractivity contribution in [3.63, 3.8) is 0 Å². The van der Waals surface area contributed by atoms with Crippen LogP contribution in [0, 0.1) is 0 Å². The quantitative estimate of drug-likeness (QED) is 0.508. The third-order valence-corrected chi connectivity index (χ3v) is 5.31. The summed E-state index contributed by atoms with van der Waals surface area (Å²) in [6.45, 7) is 0. The summed E-state index contributed by atoms with van der Waals surface area (Å²) in [6, 6.07) is 8.27. The number of ether oxygens (including phenoxy) is 1. The monoisotopic (exact) mass is 379 g/mol. The number of esters is 1. The minimum atomic E-state index is -3.92. The number of carboxylic acids is 1. The number of carbonyl (C=O) groups is 2. The summed E-state index contributed by atoms with van der Waals surface area (Å²) >= 11 is 0.839. The van der Waals surface area contributed by atoms with E-state index in [0.29, 0.717) is 10.2 Å². The molecule has 0 aliphatic carbocycles. The number of thiazole rings is 1. The highest BCUT2D eigenvalue weighted by Gasteiger charge is 2.17. The van der Waals surface area contributed by atoms with E-state index in [4.69, 9.17) is 15.0 Å². The zero-order valence-electron chi connectivity index (χ0n) is 12.2. The molecule has 0 fully saturated rings. The molecule has 0 saturated carbocycles. The van der Waals surface area contributed by atoms with Gasteiger partial charge >= 0.3 is 11.9 Å². The lowest BCUT2D eigenvalue weighted by atomic mass is 10.3. The van der Waals surface area contributed by atoms with E-state index in [9.17, 15) is 18.0 Å². The van der Waals surface area contributed by atoms with Gasteiger partial charge in [0.05, 0.1) is 10.2 Å². The average Bonchev–Trinajstić information content (AvgIpc) is 2.98. The SMILES string of the molecule is NS(=O)(=O)c1nc2ccc(OC(=O)c3cccc(C(=O)O)n3)cc2s1. The number of nitrogens with two attached hydrogens (primary N) is 1. The molecule has 0 amide bonds. The number of nitrogens with zero attached hydrogens (tertiary/aromatic N) is 2. The van der Waals surface area contributed by atoms with Gasteiger partial charge in [-0.1, -0.05) is 6.07 Å². The number of rotatable bonds is 4. The van der Waals surface area contributed by atoms with Crippen LogP contribution in [0.3, 0.4) is 0 Å². The van der Waals surface area contributed by atoms with Crippen molar-refractivity contribution < 1.29 is 27.9 Å². The zero-order chi connectivity index (χ0) is 18.2. The number of fused-ring (bicyclic) bond motifs is 1. The summed E-state index contributed by atoms with van der Waals surface area (Å²) in [5.41, 5.74) is -0.0699. The van der Waals surface area contributed by atoms with Gasteiger partial charge in [-0.2, -0.15) is 0 Å². The van der Waals surface area contributed by atoms with Crippen molar-refractivity contribution >= 4 is 43.5 Å². The molecular formula is C14H9N3O6S2. The van der Waals surface area contributed by atoms with Gasteiger partial charge in [0.25, 0.3) is 10.0 Å². The van der Waals surface area contributed by atoms with E-state index in [1.807, 2.05) is 0 Å². The summed E-state index contributed by atoms with van der Waals surface area (Å²) < 4.78 is 28.0. The summed E-state index contributed by atoms with van der Waals surface area (Å²) in [6.07, 6.45) is 0. The van der Waals surface area contributed by atoms with Crippen LogP contribution in [0.1, 0.15) is 21.0 Å². The lowest BCUT2D eigenvalue weighted by Crippen LogP contribution is -2.13. The predicted molar refractivity (Wildman–Crippen MR) is 87.1 cm³/mol. The molecule has 0 spiro atoms. The first-order valence-electron chi connectivity index (χ1n) is 6.60. The van der Waals surface area contributed by atoms with E-state index in [0.717, 1.165) is 11.3 Å². The fraction of sp³-hybridized carbons (Fsp3) is 0. The third kappa shape index (κ3) is 3.63. The van der Waals surface area contributed by atoms with E-state index >= 15 is 0 Å². The van der Waals surface area contributed by atoms with Crippen LogP contribution in [0.25, 0.3) is 10.2 Å². The minimum Gasteiger partial charge on any atom is -0.477 e. The van der Waals surface area contributed by atoms with Crippen molar-refractivity contribution in [1.82, 2.24) is 9.97 Å². The topological polar surface area (TPSA) is 150 Å². The van der Waals surface area contributed by atoms with Gasteiger partial charge in [-0.25, -0.2) is 33.1 Å². The number of primary sulfonamides is 1. The van der Waals surface area contributed by atoms with Crippen molar-refractivity contribution in [2.45, 2.75) is 4.34 Å². The maximum atomic E-state index is 12.1. The molecule has 2 heterocycles. The number of carbonyl (C=O) groups excluding carboxylic acids is 1. The first-order valence-corrected chi connectivity index (χ1v) is 8.96. The lowest BCUT2D eigenvalue weighted by molar-refractivity contribution is 0.0689. The normalized spacial score (nSPS) is 11.4. The standard InChI is InChI=1S/C14H9N3O6S2/c15-25(21,22)14-17-8-5-4-7(6-11(8)24-14)23-13(20)10-3-1-2-9(16-10)12(18)19/h1-6H,(H,18,19)(H2,15,21,22). The molecule has 0 aliphatic heterocycles. The lowest BCUT2D eigenvalue weighted by Gasteiger charge is -2.04. The molecule has 9 nitrogen and oxygen atoms in total. The third-order valence-electron chi connectivity index (χ3n) is 2.97. The van der Waals surface area contributed by atoms with Crippen LogP contribution in [-0.4, -0.2) is 35.4 Å². The van der Waals surface area contributed by atoms with Crippen LogP contribution < -0.4 is 9.88 Å². The number of aromatic nitrogens is 2. The molecule has 3 aromatic rings. The molecule has 128 valence electrons. The van der Waals surface area contributed by atoms with Crippen molar-refractivity contribution in [2.75, 3.05) is 0 Å². The van der Waals surface area contributed by atoms with Crippen LogP contribution >= 0.6 is 11.3 Å². The Bertz CT molecular complexity index is 1110. The van der Waals surface area contributed by atoms with E-state index in [-0.39, 0.29) is 21.5 Å². The average molecular weight is 379 g/mol. The minimum absolute atomic E-state index is 0.129. The Balaban J connectivity index is 1.88. The molecule has 25 heavy (non-hydrogen) atoms.